The van der Waals surface area contributed by atoms with Crippen molar-refractivity contribution in [1.29, 1.82) is 0 Å². The highest BCUT2D eigenvalue weighted by Crippen LogP contribution is 2.26. The number of benzene rings is 2. The summed E-state index contributed by atoms with van der Waals surface area (Å²) in [7, 11) is 0. The summed E-state index contributed by atoms with van der Waals surface area (Å²) in [5, 5.41) is 3.67. The Bertz CT molecular complexity index is 574. The standard InChI is InChI=1S/C19H24BrN/c1-13(2)16-9-11-17(12-10-16)14(3)21-15(4)18-7-5-6-8-19(18)20/h5-15,21H,1-4H3/t14?,15-/m0/s1. The summed E-state index contributed by atoms with van der Waals surface area (Å²) < 4.78 is 1.16. The van der Waals surface area contributed by atoms with E-state index in [2.05, 4.69) is 91.4 Å². The molecule has 2 heteroatoms. The van der Waals surface area contributed by atoms with Crippen LogP contribution in [0.5, 0.6) is 0 Å². The largest absolute Gasteiger partial charge is 0.304 e. The van der Waals surface area contributed by atoms with Gasteiger partial charge in [-0.15, -0.1) is 0 Å². The van der Waals surface area contributed by atoms with Crippen LogP contribution in [0.25, 0.3) is 0 Å². The van der Waals surface area contributed by atoms with Crippen molar-refractivity contribution in [2.24, 2.45) is 0 Å². The lowest BCUT2D eigenvalue weighted by molar-refractivity contribution is 0.493. The first-order chi connectivity index (χ1) is 9.99. The van der Waals surface area contributed by atoms with Crippen LogP contribution >= 0.6 is 15.9 Å². The van der Waals surface area contributed by atoms with Crippen LogP contribution in [0.3, 0.4) is 0 Å². The second-order valence-corrected chi connectivity index (χ2v) is 6.81. The summed E-state index contributed by atoms with van der Waals surface area (Å²) in [5.41, 5.74) is 4.02. The Morgan fingerprint density at radius 3 is 1.90 bits per heavy atom. The van der Waals surface area contributed by atoms with Crippen LogP contribution in [0.1, 0.15) is 62.4 Å². The van der Waals surface area contributed by atoms with Gasteiger partial charge in [0.1, 0.15) is 0 Å². The molecular formula is C19H24BrN. The number of hydrogen-bond donors (Lipinski definition) is 1. The molecule has 0 aromatic heterocycles. The van der Waals surface area contributed by atoms with Crippen molar-refractivity contribution >= 4 is 15.9 Å². The maximum absolute atomic E-state index is 3.67. The van der Waals surface area contributed by atoms with Gasteiger partial charge < -0.3 is 5.32 Å². The third-order valence-electron chi connectivity index (χ3n) is 3.97. The van der Waals surface area contributed by atoms with E-state index in [1.807, 2.05) is 6.07 Å². The van der Waals surface area contributed by atoms with Crippen molar-refractivity contribution in [3.8, 4) is 0 Å². The molecule has 1 unspecified atom stereocenters. The van der Waals surface area contributed by atoms with Crippen molar-refractivity contribution in [3.05, 3.63) is 69.7 Å². The molecule has 2 aromatic rings. The molecule has 112 valence electrons. The molecule has 0 radical (unpaired) electrons. The average Bonchev–Trinajstić information content (AvgIpc) is 2.47. The van der Waals surface area contributed by atoms with Gasteiger partial charge in [-0.05, 0) is 42.5 Å². The molecule has 21 heavy (non-hydrogen) atoms. The first kappa shape index (κ1) is 16.3. The van der Waals surface area contributed by atoms with Gasteiger partial charge in [0.2, 0.25) is 0 Å². The Labute approximate surface area is 136 Å². The second-order valence-electron chi connectivity index (χ2n) is 5.95. The summed E-state index contributed by atoms with van der Waals surface area (Å²) >= 11 is 3.63. The van der Waals surface area contributed by atoms with E-state index in [1.54, 1.807) is 0 Å². The molecule has 0 heterocycles. The predicted octanol–water partition coefficient (Wildman–Crippen LogP) is 5.98. The zero-order chi connectivity index (χ0) is 15.4. The highest BCUT2D eigenvalue weighted by atomic mass is 79.9. The van der Waals surface area contributed by atoms with Crippen LogP contribution in [0.2, 0.25) is 0 Å². The fourth-order valence-electron chi connectivity index (χ4n) is 2.56. The van der Waals surface area contributed by atoms with E-state index in [0.717, 1.165) is 4.47 Å². The molecule has 0 aliphatic carbocycles. The maximum atomic E-state index is 3.67. The van der Waals surface area contributed by atoms with E-state index in [9.17, 15) is 0 Å². The molecule has 0 fully saturated rings. The minimum atomic E-state index is 0.306. The van der Waals surface area contributed by atoms with Crippen LogP contribution in [0.15, 0.2) is 53.0 Å². The zero-order valence-corrected chi connectivity index (χ0v) is 14.8. The quantitative estimate of drug-likeness (QED) is 0.702. The minimum absolute atomic E-state index is 0.306. The van der Waals surface area contributed by atoms with Crippen LogP contribution in [-0.2, 0) is 0 Å². The molecule has 1 nitrogen and oxygen atoms in total. The van der Waals surface area contributed by atoms with Gasteiger partial charge in [-0.25, -0.2) is 0 Å². The monoisotopic (exact) mass is 345 g/mol. The lowest BCUT2D eigenvalue weighted by atomic mass is 9.99. The molecule has 0 aliphatic rings. The maximum Gasteiger partial charge on any atom is 0.0308 e. The summed E-state index contributed by atoms with van der Waals surface area (Å²) in [6.07, 6.45) is 0. The van der Waals surface area contributed by atoms with E-state index in [4.69, 9.17) is 0 Å². The van der Waals surface area contributed by atoms with Gasteiger partial charge in [0.05, 0.1) is 0 Å². The van der Waals surface area contributed by atoms with Gasteiger partial charge in [-0.2, -0.15) is 0 Å². The van der Waals surface area contributed by atoms with Crippen molar-refractivity contribution in [1.82, 2.24) is 5.32 Å². The first-order valence-electron chi connectivity index (χ1n) is 7.59. The third-order valence-corrected chi connectivity index (χ3v) is 4.70. The molecule has 0 saturated carbocycles. The number of rotatable bonds is 5. The summed E-state index contributed by atoms with van der Waals surface area (Å²) in [5.74, 6) is 0.585. The molecule has 0 bridgehead atoms. The Balaban J connectivity index is 2.07. The lowest BCUT2D eigenvalue weighted by Crippen LogP contribution is -2.22. The Hall–Kier alpha value is -1.12. The van der Waals surface area contributed by atoms with E-state index < -0.39 is 0 Å². The van der Waals surface area contributed by atoms with Crippen molar-refractivity contribution in [3.63, 3.8) is 0 Å². The Morgan fingerprint density at radius 1 is 0.762 bits per heavy atom. The van der Waals surface area contributed by atoms with Gasteiger partial charge in [-0.3, -0.25) is 0 Å². The van der Waals surface area contributed by atoms with E-state index in [-0.39, 0.29) is 0 Å². The Kier molecular flexibility index (Phi) is 5.60. The van der Waals surface area contributed by atoms with Crippen LogP contribution in [0.4, 0.5) is 0 Å². The average molecular weight is 346 g/mol. The third kappa shape index (κ3) is 4.18. The molecule has 0 spiro atoms. The molecule has 2 rings (SSSR count). The molecule has 0 amide bonds. The van der Waals surface area contributed by atoms with E-state index in [1.165, 1.54) is 16.7 Å². The predicted molar refractivity (Wildman–Crippen MR) is 94.6 cm³/mol. The van der Waals surface area contributed by atoms with E-state index in [0.29, 0.717) is 18.0 Å². The van der Waals surface area contributed by atoms with Gasteiger partial charge in [0, 0.05) is 16.6 Å². The fraction of sp³-hybridized carbons (Fsp3) is 0.368. The fourth-order valence-corrected chi connectivity index (χ4v) is 3.19. The first-order valence-corrected chi connectivity index (χ1v) is 8.38. The smallest absolute Gasteiger partial charge is 0.0308 e. The van der Waals surface area contributed by atoms with Gasteiger partial charge in [-0.1, -0.05) is 72.2 Å². The lowest BCUT2D eigenvalue weighted by Gasteiger charge is -2.22. The van der Waals surface area contributed by atoms with Crippen LogP contribution in [-0.4, -0.2) is 0 Å². The number of hydrogen-bond acceptors (Lipinski definition) is 1. The van der Waals surface area contributed by atoms with Gasteiger partial charge >= 0.3 is 0 Å². The number of nitrogens with one attached hydrogen (secondary N) is 1. The highest BCUT2D eigenvalue weighted by Gasteiger charge is 2.13. The molecular weight excluding hydrogens is 322 g/mol. The molecule has 0 aliphatic heterocycles. The minimum Gasteiger partial charge on any atom is -0.304 e. The second kappa shape index (κ2) is 7.24. The van der Waals surface area contributed by atoms with Crippen molar-refractivity contribution in [2.45, 2.75) is 45.7 Å². The van der Waals surface area contributed by atoms with E-state index >= 15 is 0 Å². The molecule has 0 saturated heterocycles. The zero-order valence-electron chi connectivity index (χ0n) is 13.2. The van der Waals surface area contributed by atoms with Gasteiger partial charge in [0.15, 0.2) is 0 Å². The van der Waals surface area contributed by atoms with Crippen molar-refractivity contribution in [2.75, 3.05) is 0 Å². The van der Waals surface area contributed by atoms with Crippen molar-refractivity contribution < 1.29 is 0 Å². The molecule has 2 aromatic carbocycles. The topological polar surface area (TPSA) is 12.0 Å². The Morgan fingerprint density at radius 2 is 1.33 bits per heavy atom. The highest BCUT2D eigenvalue weighted by molar-refractivity contribution is 9.10. The number of halogens is 1. The molecule has 1 N–H and O–H groups in total. The summed E-state index contributed by atoms with van der Waals surface area (Å²) in [6, 6.07) is 18.0. The summed E-state index contributed by atoms with van der Waals surface area (Å²) in [6.45, 7) is 8.88. The SMILES string of the molecule is CC(C)c1ccc(C(C)N[C@@H](C)c2ccccc2Br)cc1. The van der Waals surface area contributed by atoms with Crippen LogP contribution < -0.4 is 5.32 Å². The normalized spacial score (nSPS) is 14.2. The van der Waals surface area contributed by atoms with Crippen LogP contribution in [0, 0.1) is 0 Å². The molecule has 2 atom stereocenters. The van der Waals surface area contributed by atoms with Gasteiger partial charge in [0.25, 0.3) is 0 Å². The summed E-state index contributed by atoms with van der Waals surface area (Å²) in [4.78, 5) is 0.